The average molecular weight is 385 g/mol. The fraction of sp³-hybridized carbons (Fsp3) is 0.294. The Labute approximate surface area is 155 Å². The van der Waals surface area contributed by atoms with E-state index in [-0.39, 0.29) is 24.8 Å². The Balaban J connectivity index is 1.88. The van der Waals surface area contributed by atoms with Gasteiger partial charge in [0.2, 0.25) is 11.8 Å². The van der Waals surface area contributed by atoms with E-state index in [0.717, 1.165) is 10.4 Å². The molecule has 2 aromatic rings. The molecule has 2 amide bonds. The number of carbonyl (C=O) groups is 2. The van der Waals surface area contributed by atoms with E-state index < -0.39 is 0 Å². The highest BCUT2D eigenvalue weighted by Gasteiger charge is 2.16. The number of nitrogens with one attached hydrogen (secondary N) is 1. The summed E-state index contributed by atoms with van der Waals surface area (Å²) in [5, 5.41) is 5.65. The molecule has 0 spiro atoms. The molecule has 1 N–H and O–H groups in total. The monoisotopic (exact) mass is 384 g/mol. The van der Waals surface area contributed by atoms with Gasteiger partial charge in [0.05, 0.1) is 29.6 Å². The molecule has 0 saturated carbocycles. The Bertz CT molecular complexity index is 705. The number of amides is 2. The van der Waals surface area contributed by atoms with E-state index in [1.165, 1.54) is 4.90 Å². The lowest BCUT2D eigenvalue weighted by molar-refractivity contribution is -0.135. The van der Waals surface area contributed by atoms with Crippen molar-refractivity contribution in [3.05, 3.63) is 56.2 Å². The summed E-state index contributed by atoms with van der Waals surface area (Å²) in [5.41, 5.74) is 0.770. The van der Waals surface area contributed by atoms with Crippen LogP contribution in [0.25, 0.3) is 0 Å². The molecule has 0 aliphatic carbocycles. The zero-order valence-electron chi connectivity index (χ0n) is 13.2. The average Bonchev–Trinajstić information content (AvgIpc) is 3.07. The minimum atomic E-state index is -0.173. The van der Waals surface area contributed by atoms with E-state index in [1.54, 1.807) is 29.5 Å². The van der Waals surface area contributed by atoms with Crippen LogP contribution in [0.4, 0.5) is 0 Å². The van der Waals surface area contributed by atoms with E-state index in [0.29, 0.717) is 23.1 Å². The molecule has 0 aliphatic rings. The molecule has 1 aromatic carbocycles. The van der Waals surface area contributed by atoms with Crippen LogP contribution in [-0.4, -0.2) is 29.8 Å². The maximum atomic E-state index is 12.4. The summed E-state index contributed by atoms with van der Waals surface area (Å²) in [5.74, 6) is -0.296. The third-order valence-electron chi connectivity index (χ3n) is 3.45. The Morgan fingerprint density at radius 1 is 1.21 bits per heavy atom. The second-order valence-electron chi connectivity index (χ2n) is 5.19. The van der Waals surface area contributed by atoms with Gasteiger partial charge >= 0.3 is 0 Å². The van der Waals surface area contributed by atoms with Crippen molar-refractivity contribution >= 4 is 46.4 Å². The lowest BCUT2D eigenvalue weighted by Gasteiger charge is -2.20. The van der Waals surface area contributed by atoms with Crippen LogP contribution in [-0.2, 0) is 22.6 Å². The van der Waals surface area contributed by atoms with Gasteiger partial charge in [-0.3, -0.25) is 9.59 Å². The summed E-state index contributed by atoms with van der Waals surface area (Å²) in [6.07, 6.45) is 0.183. The number of carbonyl (C=O) groups excluding carboxylic acids is 2. The van der Waals surface area contributed by atoms with Crippen molar-refractivity contribution in [2.75, 3.05) is 13.1 Å². The summed E-state index contributed by atoms with van der Waals surface area (Å²) >= 11 is 13.4. The second-order valence-corrected chi connectivity index (χ2v) is 7.04. The number of nitrogens with zero attached hydrogens (tertiary/aromatic N) is 1. The first-order chi connectivity index (χ1) is 11.5. The van der Waals surface area contributed by atoms with Crippen LogP contribution in [0.15, 0.2) is 35.7 Å². The van der Waals surface area contributed by atoms with Gasteiger partial charge in [-0.25, -0.2) is 0 Å². The smallest absolute Gasteiger partial charge is 0.239 e. The lowest BCUT2D eigenvalue weighted by atomic mass is 10.1. The molecule has 2 rings (SSSR count). The predicted molar refractivity (Wildman–Crippen MR) is 98.6 cm³/mol. The highest BCUT2D eigenvalue weighted by atomic mass is 35.5. The summed E-state index contributed by atoms with van der Waals surface area (Å²) in [6, 6.07) is 8.99. The second kappa shape index (κ2) is 9.06. The van der Waals surface area contributed by atoms with Crippen molar-refractivity contribution in [3.8, 4) is 0 Å². The third kappa shape index (κ3) is 5.51. The number of thiophene rings is 1. The van der Waals surface area contributed by atoms with Crippen molar-refractivity contribution in [1.82, 2.24) is 10.2 Å². The maximum Gasteiger partial charge on any atom is 0.239 e. The molecule has 0 bridgehead atoms. The molecule has 4 nitrogen and oxygen atoms in total. The van der Waals surface area contributed by atoms with Gasteiger partial charge in [0.1, 0.15) is 0 Å². The fourth-order valence-corrected chi connectivity index (χ4v) is 3.11. The molecule has 0 fully saturated rings. The molecule has 1 heterocycles. The van der Waals surface area contributed by atoms with Crippen LogP contribution in [0.1, 0.15) is 17.4 Å². The van der Waals surface area contributed by atoms with Gasteiger partial charge in [0, 0.05) is 11.4 Å². The molecule has 0 radical (unpaired) electrons. The van der Waals surface area contributed by atoms with Crippen LogP contribution in [0, 0.1) is 0 Å². The standard InChI is InChI=1S/C17H18Cl2N2O2S/c1-2-21(11-16(22)20-10-13-4-3-7-24-13)17(23)9-12-5-6-14(18)15(19)8-12/h3-8H,2,9-11H2,1H3,(H,20,22). The van der Waals surface area contributed by atoms with Gasteiger partial charge in [0.15, 0.2) is 0 Å². The summed E-state index contributed by atoms with van der Waals surface area (Å²) < 4.78 is 0. The van der Waals surface area contributed by atoms with Gasteiger partial charge in [-0.1, -0.05) is 35.3 Å². The zero-order valence-corrected chi connectivity index (χ0v) is 15.5. The Morgan fingerprint density at radius 3 is 2.62 bits per heavy atom. The summed E-state index contributed by atoms with van der Waals surface area (Å²) in [6.45, 7) is 2.84. The number of hydrogen-bond acceptors (Lipinski definition) is 3. The molecule has 1 aromatic heterocycles. The largest absolute Gasteiger partial charge is 0.350 e. The third-order valence-corrected chi connectivity index (χ3v) is 5.06. The topological polar surface area (TPSA) is 49.4 Å². The first-order valence-corrected chi connectivity index (χ1v) is 9.14. The van der Waals surface area contributed by atoms with E-state index in [9.17, 15) is 9.59 Å². The fourth-order valence-electron chi connectivity index (χ4n) is 2.14. The molecule has 24 heavy (non-hydrogen) atoms. The molecule has 128 valence electrons. The number of halogens is 2. The van der Waals surface area contributed by atoms with Crippen molar-refractivity contribution in [1.29, 1.82) is 0 Å². The molecule has 0 unspecified atom stereocenters. The minimum absolute atomic E-state index is 0.0437. The SMILES string of the molecule is CCN(CC(=O)NCc1cccs1)C(=O)Cc1ccc(Cl)c(Cl)c1. The van der Waals surface area contributed by atoms with Crippen LogP contribution < -0.4 is 5.32 Å². The van der Waals surface area contributed by atoms with Crippen LogP contribution in [0.3, 0.4) is 0 Å². The predicted octanol–water partition coefficient (Wildman–Crippen LogP) is 3.76. The number of benzene rings is 1. The van der Waals surface area contributed by atoms with Crippen LogP contribution >= 0.6 is 34.5 Å². The maximum absolute atomic E-state index is 12.4. The molecule has 0 aliphatic heterocycles. The van der Waals surface area contributed by atoms with Gasteiger partial charge in [0.25, 0.3) is 0 Å². The first kappa shape index (κ1) is 18.8. The number of likely N-dealkylation sites (N-methyl/N-ethyl adjacent to an activating group) is 1. The van der Waals surface area contributed by atoms with E-state index in [1.807, 2.05) is 24.4 Å². The normalized spacial score (nSPS) is 10.5. The minimum Gasteiger partial charge on any atom is -0.350 e. The van der Waals surface area contributed by atoms with E-state index in [4.69, 9.17) is 23.2 Å². The van der Waals surface area contributed by atoms with Crippen molar-refractivity contribution < 1.29 is 9.59 Å². The Morgan fingerprint density at radius 2 is 2.00 bits per heavy atom. The highest BCUT2D eigenvalue weighted by Crippen LogP contribution is 2.23. The summed E-state index contributed by atoms with van der Waals surface area (Å²) in [4.78, 5) is 27.0. The molecule has 0 atom stereocenters. The van der Waals surface area contributed by atoms with Gasteiger partial charge in [-0.15, -0.1) is 11.3 Å². The summed E-state index contributed by atoms with van der Waals surface area (Å²) in [7, 11) is 0. The quantitative estimate of drug-likeness (QED) is 0.789. The molecule has 7 heteroatoms. The van der Waals surface area contributed by atoms with Gasteiger partial charge < -0.3 is 10.2 Å². The number of hydrogen-bond donors (Lipinski definition) is 1. The highest BCUT2D eigenvalue weighted by molar-refractivity contribution is 7.09. The van der Waals surface area contributed by atoms with Crippen molar-refractivity contribution in [2.24, 2.45) is 0 Å². The van der Waals surface area contributed by atoms with E-state index in [2.05, 4.69) is 5.32 Å². The zero-order chi connectivity index (χ0) is 17.5. The Kier molecular flexibility index (Phi) is 7.09. The van der Waals surface area contributed by atoms with Crippen LogP contribution in [0.2, 0.25) is 10.0 Å². The first-order valence-electron chi connectivity index (χ1n) is 7.50. The van der Waals surface area contributed by atoms with Crippen molar-refractivity contribution in [2.45, 2.75) is 19.9 Å². The number of rotatable bonds is 7. The van der Waals surface area contributed by atoms with Crippen molar-refractivity contribution in [3.63, 3.8) is 0 Å². The van der Waals surface area contributed by atoms with Crippen LogP contribution in [0.5, 0.6) is 0 Å². The molecular weight excluding hydrogens is 367 g/mol. The molecular formula is C17H18Cl2N2O2S. The molecule has 0 saturated heterocycles. The lowest BCUT2D eigenvalue weighted by Crippen LogP contribution is -2.41. The van der Waals surface area contributed by atoms with E-state index >= 15 is 0 Å². The van der Waals surface area contributed by atoms with Gasteiger partial charge in [-0.2, -0.15) is 0 Å². The van der Waals surface area contributed by atoms with Gasteiger partial charge in [-0.05, 0) is 36.1 Å². The Hall–Kier alpha value is -1.56.